The summed E-state index contributed by atoms with van der Waals surface area (Å²) >= 11 is 5.78. The van der Waals surface area contributed by atoms with Gasteiger partial charge in [0.2, 0.25) is 0 Å². The lowest BCUT2D eigenvalue weighted by atomic mass is 10.3. The second kappa shape index (κ2) is 7.38. The molecule has 0 atom stereocenters. The molecule has 114 valence electrons. The Labute approximate surface area is 126 Å². The Bertz CT molecular complexity index is 560. The van der Waals surface area contributed by atoms with E-state index < -0.39 is 6.55 Å². The smallest absolute Gasteiger partial charge is 0.319 e. The van der Waals surface area contributed by atoms with Crippen LogP contribution in [-0.4, -0.2) is 34.7 Å². The summed E-state index contributed by atoms with van der Waals surface area (Å²) in [5.74, 6) is 1.06. The van der Waals surface area contributed by atoms with E-state index in [1.165, 1.54) is 12.4 Å². The lowest BCUT2D eigenvalue weighted by Crippen LogP contribution is -2.25. The molecule has 0 unspecified atom stereocenters. The third kappa shape index (κ3) is 4.68. The van der Waals surface area contributed by atoms with Gasteiger partial charge in [0.25, 0.3) is 0 Å². The van der Waals surface area contributed by atoms with E-state index in [0.29, 0.717) is 30.5 Å². The van der Waals surface area contributed by atoms with Gasteiger partial charge in [-0.05, 0) is 31.3 Å². The first-order chi connectivity index (χ1) is 10.1. The van der Waals surface area contributed by atoms with Crippen molar-refractivity contribution in [3.8, 4) is 5.75 Å². The fraction of sp³-hybridized carbons (Fsp3) is 0.357. The third-order valence-electron chi connectivity index (χ3n) is 2.93. The SMILES string of the molecule is CN(CCOc1ccc(Cl)cc1)Cc1nccn1C(F)F. The van der Waals surface area contributed by atoms with Crippen molar-refractivity contribution < 1.29 is 13.5 Å². The van der Waals surface area contributed by atoms with E-state index in [-0.39, 0.29) is 0 Å². The molecule has 0 amide bonds. The quantitative estimate of drug-likeness (QED) is 0.784. The number of hydrogen-bond acceptors (Lipinski definition) is 3. The molecule has 1 aromatic carbocycles. The maximum Gasteiger partial charge on any atom is 0.319 e. The number of ether oxygens (including phenoxy) is 1. The molecule has 0 aliphatic rings. The van der Waals surface area contributed by atoms with Gasteiger partial charge in [-0.15, -0.1) is 0 Å². The van der Waals surface area contributed by atoms with Crippen LogP contribution in [0.5, 0.6) is 5.75 Å². The number of nitrogens with zero attached hydrogens (tertiary/aromatic N) is 3. The highest BCUT2D eigenvalue weighted by molar-refractivity contribution is 6.30. The molecular weight excluding hydrogens is 300 g/mol. The lowest BCUT2D eigenvalue weighted by molar-refractivity contribution is 0.0643. The summed E-state index contributed by atoms with van der Waals surface area (Å²) in [6.07, 6.45) is 2.65. The summed E-state index contributed by atoms with van der Waals surface area (Å²) in [5, 5.41) is 0.651. The van der Waals surface area contributed by atoms with Crippen LogP contribution in [-0.2, 0) is 6.54 Å². The van der Waals surface area contributed by atoms with Gasteiger partial charge in [-0.2, -0.15) is 8.78 Å². The summed E-state index contributed by atoms with van der Waals surface area (Å²) < 4.78 is 31.8. The second-order valence-electron chi connectivity index (χ2n) is 4.57. The molecular formula is C14H16ClF2N3O. The van der Waals surface area contributed by atoms with Gasteiger partial charge >= 0.3 is 6.55 Å². The number of benzene rings is 1. The van der Waals surface area contributed by atoms with Gasteiger partial charge in [-0.1, -0.05) is 11.6 Å². The van der Waals surface area contributed by atoms with Crippen molar-refractivity contribution in [1.29, 1.82) is 0 Å². The summed E-state index contributed by atoms with van der Waals surface area (Å²) in [7, 11) is 1.83. The molecule has 4 nitrogen and oxygen atoms in total. The van der Waals surface area contributed by atoms with Crippen molar-refractivity contribution in [2.75, 3.05) is 20.2 Å². The molecule has 0 bridgehead atoms. The number of aromatic nitrogens is 2. The summed E-state index contributed by atoms with van der Waals surface area (Å²) in [4.78, 5) is 5.81. The molecule has 2 aromatic rings. The van der Waals surface area contributed by atoms with Crippen molar-refractivity contribution in [3.63, 3.8) is 0 Å². The minimum absolute atomic E-state index is 0.332. The van der Waals surface area contributed by atoms with Crippen LogP contribution in [0.4, 0.5) is 8.78 Å². The van der Waals surface area contributed by atoms with E-state index >= 15 is 0 Å². The molecule has 0 saturated carbocycles. The number of likely N-dealkylation sites (N-methyl/N-ethyl adjacent to an activating group) is 1. The van der Waals surface area contributed by atoms with Crippen molar-refractivity contribution in [2.45, 2.75) is 13.1 Å². The molecule has 0 saturated heterocycles. The monoisotopic (exact) mass is 315 g/mol. The van der Waals surface area contributed by atoms with E-state index in [0.717, 1.165) is 10.3 Å². The van der Waals surface area contributed by atoms with Crippen LogP contribution in [0.1, 0.15) is 12.4 Å². The first-order valence-electron chi connectivity index (χ1n) is 6.43. The minimum atomic E-state index is -2.57. The average molecular weight is 316 g/mol. The fourth-order valence-electron chi connectivity index (χ4n) is 1.81. The number of imidazole rings is 1. The normalized spacial score (nSPS) is 11.3. The Morgan fingerprint density at radius 3 is 2.71 bits per heavy atom. The zero-order valence-electron chi connectivity index (χ0n) is 11.5. The van der Waals surface area contributed by atoms with Crippen molar-refractivity contribution in [1.82, 2.24) is 14.5 Å². The van der Waals surface area contributed by atoms with Crippen LogP contribution in [0.15, 0.2) is 36.7 Å². The van der Waals surface area contributed by atoms with Crippen molar-refractivity contribution in [2.24, 2.45) is 0 Å². The molecule has 0 aliphatic carbocycles. The predicted molar refractivity (Wildman–Crippen MR) is 76.8 cm³/mol. The Balaban J connectivity index is 1.78. The molecule has 0 spiro atoms. The Hall–Kier alpha value is -1.66. The first kappa shape index (κ1) is 15.7. The summed E-state index contributed by atoms with van der Waals surface area (Å²) in [6, 6.07) is 7.07. The highest BCUT2D eigenvalue weighted by Gasteiger charge is 2.12. The van der Waals surface area contributed by atoms with Gasteiger partial charge in [0.05, 0.1) is 6.54 Å². The van der Waals surface area contributed by atoms with Crippen LogP contribution in [0.3, 0.4) is 0 Å². The van der Waals surface area contributed by atoms with E-state index in [1.54, 1.807) is 24.3 Å². The maximum absolute atomic E-state index is 12.7. The highest BCUT2D eigenvalue weighted by atomic mass is 35.5. The van der Waals surface area contributed by atoms with Crippen molar-refractivity contribution >= 4 is 11.6 Å². The molecule has 0 aliphatic heterocycles. The van der Waals surface area contributed by atoms with E-state index in [4.69, 9.17) is 16.3 Å². The Morgan fingerprint density at radius 2 is 2.05 bits per heavy atom. The fourth-order valence-corrected chi connectivity index (χ4v) is 1.94. The number of alkyl halides is 2. The van der Waals surface area contributed by atoms with Crippen LogP contribution in [0.2, 0.25) is 5.02 Å². The molecule has 1 heterocycles. The Morgan fingerprint density at radius 1 is 1.33 bits per heavy atom. The zero-order valence-corrected chi connectivity index (χ0v) is 12.3. The average Bonchev–Trinajstić information content (AvgIpc) is 2.89. The minimum Gasteiger partial charge on any atom is -0.492 e. The largest absolute Gasteiger partial charge is 0.492 e. The molecule has 0 N–H and O–H groups in total. The van der Waals surface area contributed by atoms with Gasteiger partial charge in [0.15, 0.2) is 0 Å². The highest BCUT2D eigenvalue weighted by Crippen LogP contribution is 2.16. The summed E-state index contributed by atoms with van der Waals surface area (Å²) in [6.45, 7) is -1.19. The topological polar surface area (TPSA) is 30.3 Å². The van der Waals surface area contributed by atoms with Crippen LogP contribution in [0.25, 0.3) is 0 Å². The molecule has 2 rings (SSSR count). The number of rotatable bonds is 7. The number of halogens is 3. The predicted octanol–water partition coefficient (Wildman–Crippen LogP) is 3.44. The molecule has 0 fully saturated rings. The van der Waals surface area contributed by atoms with Crippen LogP contribution < -0.4 is 4.74 Å². The van der Waals surface area contributed by atoms with Crippen LogP contribution >= 0.6 is 11.6 Å². The standard InChI is InChI=1S/C14H16ClF2N3O/c1-19(10-13-18-6-7-20(13)14(16)17)8-9-21-12-4-2-11(15)3-5-12/h2-7,14H,8-10H2,1H3. The van der Waals surface area contributed by atoms with Crippen LogP contribution in [0, 0.1) is 0 Å². The van der Waals surface area contributed by atoms with E-state index in [9.17, 15) is 8.78 Å². The Kier molecular flexibility index (Phi) is 5.52. The molecule has 0 radical (unpaired) electrons. The van der Waals surface area contributed by atoms with Gasteiger partial charge < -0.3 is 4.74 Å². The van der Waals surface area contributed by atoms with Gasteiger partial charge in [-0.3, -0.25) is 9.47 Å². The molecule has 7 heteroatoms. The maximum atomic E-state index is 12.7. The molecule has 1 aromatic heterocycles. The van der Waals surface area contributed by atoms with Crippen molar-refractivity contribution in [3.05, 3.63) is 47.5 Å². The van der Waals surface area contributed by atoms with E-state index in [2.05, 4.69) is 4.98 Å². The zero-order chi connectivity index (χ0) is 15.2. The van der Waals surface area contributed by atoms with Gasteiger partial charge in [0, 0.05) is 24.0 Å². The van der Waals surface area contributed by atoms with Gasteiger partial charge in [0.1, 0.15) is 18.2 Å². The lowest BCUT2D eigenvalue weighted by Gasteiger charge is -2.17. The molecule has 21 heavy (non-hydrogen) atoms. The van der Waals surface area contributed by atoms with E-state index in [1.807, 2.05) is 11.9 Å². The summed E-state index contributed by atoms with van der Waals surface area (Å²) in [5.41, 5.74) is 0. The second-order valence-corrected chi connectivity index (χ2v) is 5.00. The third-order valence-corrected chi connectivity index (χ3v) is 3.18. The van der Waals surface area contributed by atoms with Gasteiger partial charge in [-0.25, -0.2) is 4.98 Å². The number of hydrogen-bond donors (Lipinski definition) is 0. The first-order valence-corrected chi connectivity index (χ1v) is 6.81.